The summed E-state index contributed by atoms with van der Waals surface area (Å²) in [4.78, 5) is 26.8. The number of anilines is 1. The first-order chi connectivity index (χ1) is 11.7. The second-order valence-corrected chi connectivity index (χ2v) is 5.54. The van der Waals surface area contributed by atoms with Crippen molar-refractivity contribution in [2.24, 2.45) is 0 Å². The second-order valence-electron chi connectivity index (χ2n) is 5.54. The fourth-order valence-electron chi connectivity index (χ4n) is 2.99. The Morgan fingerprint density at radius 1 is 1.29 bits per heavy atom. The van der Waals surface area contributed by atoms with E-state index in [1.807, 2.05) is 30.5 Å². The van der Waals surface area contributed by atoms with Gasteiger partial charge >= 0.3 is 0 Å². The maximum atomic E-state index is 12.2. The Balaban J connectivity index is 2.03. The van der Waals surface area contributed by atoms with E-state index in [2.05, 4.69) is 32.2 Å². The minimum absolute atomic E-state index is 0.121. The van der Waals surface area contributed by atoms with E-state index in [0.717, 1.165) is 33.1 Å². The van der Waals surface area contributed by atoms with Crippen LogP contribution in [0.3, 0.4) is 0 Å². The molecular weight excluding hydrogens is 302 g/mol. The fourth-order valence-corrected chi connectivity index (χ4v) is 2.99. The zero-order chi connectivity index (χ0) is 16.7. The van der Waals surface area contributed by atoms with Crippen LogP contribution in [-0.4, -0.2) is 27.0 Å². The Morgan fingerprint density at radius 3 is 2.96 bits per heavy atom. The summed E-state index contributed by atoms with van der Waals surface area (Å²) >= 11 is 0. The molecule has 0 unspecified atom stereocenters. The summed E-state index contributed by atoms with van der Waals surface area (Å²) in [5, 5.41) is 4.85. The van der Waals surface area contributed by atoms with Crippen LogP contribution in [0, 0.1) is 6.92 Å². The molecule has 0 bridgehead atoms. The van der Waals surface area contributed by atoms with E-state index in [1.54, 1.807) is 13.2 Å². The van der Waals surface area contributed by atoms with Crippen LogP contribution in [0.1, 0.15) is 5.56 Å². The van der Waals surface area contributed by atoms with Crippen molar-refractivity contribution in [3.8, 4) is 11.3 Å². The number of hydrogen-bond acceptors (Lipinski definition) is 4. The molecule has 0 atom stereocenters. The highest BCUT2D eigenvalue weighted by Gasteiger charge is 2.12. The van der Waals surface area contributed by atoms with Gasteiger partial charge in [-0.2, -0.15) is 0 Å². The molecule has 0 fully saturated rings. The van der Waals surface area contributed by atoms with E-state index < -0.39 is 0 Å². The SMILES string of the molecule is [CH2]Cc1c[nH]c2c(=O)[nH]c3ccc(-c4ccnc(NC)n4)cc3c12. The number of aromatic nitrogens is 4. The standard InChI is InChI=1S/C18H16N5O/c1-3-10-9-21-16-15(10)12-8-11(4-5-14(12)22-17(16)24)13-6-7-20-18(19-2)23-13/h4-9,21H,1,3H2,2H3,(H,22,24)(H,19,20,23). The van der Waals surface area contributed by atoms with Crippen molar-refractivity contribution in [3.05, 3.63) is 59.5 Å². The summed E-state index contributed by atoms with van der Waals surface area (Å²) < 4.78 is 0. The lowest BCUT2D eigenvalue weighted by Gasteiger charge is -2.07. The Kier molecular flexibility index (Phi) is 3.30. The van der Waals surface area contributed by atoms with Crippen molar-refractivity contribution in [1.82, 2.24) is 19.9 Å². The minimum atomic E-state index is -0.121. The Hall–Kier alpha value is -3.15. The van der Waals surface area contributed by atoms with Gasteiger partial charge in [0.1, 0.15) is 5.52 Å². The first kappa shape index (κ1) is 14.4. The van der Waals surface area contributed by atoms with Crippen LogP contribution >= 0.6 is 0 Å². The molecule has 3 N–H and O–H groups in total. The zero-order valence-electron chi connectivity index (χ0n) is 13.2. The summed E-state index contributed by atoms with van der Waals surface area (Å²) in [6.07, 6.45) is 4.18. The highest BCUT2D eigenvalue weighted by molar-refractivity contribution is 6.07. The summed E-state index contributed by atoms with van der Waals surface area (Å²) in [6, 6.07) is 7.77. The first-order valence-corrected chi connectivity index (χ1v) is 7.67. The molecule has 1 radical (unpaired) electrons. The Bertz CT molecular complexity index is 1110. The van der Waals surface area contributed by atoms with Gasteiger partial charge in [0, 0.05) is 41.3 Å². The molecule has 4 aromatic rings. The van der Waals surface area contributed by atoms with Crippen LogP contribution < -0.4 is 10.9 Å². The van der Waals surface area contributed by atoms with Gasteiger partial charge in [-0.3, -0.25) is 4.79 Å². The number of nitrogens with one attached hydrogen (secondary N) is 3. The topological polar surface area (TPSA) is 86.5 Å². The van der Waals surface area contributed by atoms with Crippen molar-refractivity contribution in [3.63, 3.8) is 0 Å². The molecule has 24 heavy (non-hydrogen) atoms. The predicted molar refractivity (Wildman–Crippen MR) is 96.1 cm³/mol. The molecule has 1 aromatic carbocycles. The van der Waals surface area contributed by atoms with Crippen molar-refractivity contribution >= 4 is 27.8 Å². The number of aromatic amines is 2. The van der Waals surface area contributed by atoms with Gasteiger partial charge < -0.3 is 15.3 Å². The van der Waals surface area contributed by atoms with Gasteiger partial charge in [-0.25, -0.2) is 9.97 Å². The Labute approximate surface area is 138 Å². The van der Waals surface area contributed by atoms with Crippen molar-refractivity contribution in [1.29, 1.82) is 0 Å². The number of nitrogens with zero attached hydrogens (tertiary/aromatic N) is 2. The number of rotatable bonds is 3. The molecule has 119 valence electrons. The average molecular weight is 318 g/mol. The van der Waals surface area contributed by atoms with Crippen molar-refractivity contribution in [2.45, 2.75) is 6.42 Å². The highest BCUT2D eigenvalue weighted by Crippen LogP contribution is 2.29. The van der Waals surface area contributed by atoms with E-state index in [4.69, 9.17) is 0 Å². The number of hydrogen-bond donors (Lipinski definition) is 3. The lowest BCUT2D eigenvalue weighted by atomic mass is 10.0. The van der Waals surface area contributed by atoms with Crippen LogP contribution in [0.15, 0.2) is 41.5 Å². The van der Waals surface area contributed by atoms with Crippen molar-refractivity contribution < 1.29 is 0 Å². The van der Waals surface area contributed by atoms with Crippen LogP contribution in [0.25, 0.3) is 33.1 Å². The number of H-pyrrole nitrogens is 2. The summed E-state index contributed by atoms with van der Waals surface area (Å²) in [5.41, 5.74) is 4.07. The van der Waals surface area contributed by atoms with Gasteiger partial charge in [0.15, 0.2) is 0 Å². The van der Waals surface area contributed by atoms with Gasteiger partial charge in [0.2, 0.25) is 5.95 Å². The van der Waals surface area contributed by atoms with Gasteiger partial charge in [0.25, 0.3) is 5.56 Å². The predicted octanol–water partition coefficient (Wildman–Crippen LogP) is 2.88. The Morgan fingerprint density at radius 2 is 2.17 bits per heavy atom. The molecule has 0 aliphatic rings. The molecule has 0 spiro atoms. The third kappa shape index (κ3) is 2.15. The van der Waals surface area contributed by atoms with Crippen molar-refractivity contribution in [2.75, 3.05) is 12.4 Å². The molecule has 0 saturated carbocycles. The number of fused-ring (bicyclic) bond motifs is 3. The highest BCUT2D eigenvalue weighted by atomic mass is 16.1. The van der Waals surface area contributed by atoms with Gasteiger partial charge in [-0.1, -0.05) is 6.07 Å². The molecular formula is C18H16N5O. The first-order valence-electron chi connectivity index (χ1n) is 7.67. The average Bonchev–Trinajstić information content (AvgIpc) is 3.07. The third-order valence-corrected chi connectivity index (χ3v) is 4.17. The van der Waals surface area contributed by atoms with Crippen LogP contribution in [0.5, 0.6) is 0 Å². The van der Waals surface area contributed by atoms with E-state index in [9.17, 15) is 4.79 Å². The zero-order valence-corrected chi connectivity index (χ0v) is 13.2. The molecule has 3 aromatic heterocycles. The monoisotopic (exact) mass is 318 g/mol. The minimum Gasteiger partial charge on any atom is -0.357 e. The lowest BCUT2D eigenvalue weighted by molar-refractivity contribution is 1.15. The summed E-state index contributed by atoms with van der Waals surface area (Å²) in [6.45, 7) is 3.96. The largest absolute Gasteiger partial charge is 0.357 e. The molecule has 4 rings (SSSR count). The van der Waals surface area contributed by atoms with Gasteiger partial charge in [-0.15, -0.1) is 0 Å². The fraction of sp³-hybridized carbons (Fsp3) is 0.111. The van der Waals surface area contributed by atoms with E-state index in [1.165, 1.54) is 0 Å². The second kappa shape index (κ2) is 5.49. The molecule has 3 heterocycles. The molecule has 0 aliphatic carbocycles. The van der Waals surface area contributed by atoms with E-state index in [0.29, 0.717) is 17.9 Å². The number of benzene rings is 1. The molecule has 6 nitrogen and oxygen atoms in total. The summed E-state index contributed by atoms with van der Waals surface area (Å²) in [7, 11) is 1.79. The number of pyridine rings is 1. The third-order valence-electron chi connectivity index (χ3n) is 4.17. The lowest BCUT2D eigenvalue weighted by Crippen LogP contribution is -2.06. The molecule has 0 aliphatic heterocycles. The molecule has 6 heteroatoms. The smallest absolute Gasteiger partial charge is 0.272 e. The quantitative estimate of drug-likeness (QED) is 0.542. The van der Waals surface area contributed by atoms with E-state index in [-0.39, 0.29) is 5.56 Å². The van der Waals surface area contributed by atoms with Crippen LogP contribution in [0.2, 0.25) is 0 Å². The van der Waals surface area contributed by atoms with Gasteiger partial charge in [0.05, 0.1) is 5.69 Å². The molecule has 0 saturated heterocycles. The van der Waals surface area contributed by atoms with Crippen LogP contribution in [-0.2, 0) is 6.42 Å². The normalized spacial score (nSPS) is 11.2. The van der Waals surface area contributed by atoms with Crippen LogP contribution in [0.4, 0.5) is 5.95 Å². The molecule has 0 amide bonds. The maximum absolute atomic E-state index is 12.2. The maximum Gasteiger partial charge on any atom is 0.272 e. The summed E-state index contributed by atoms with van der Waals surface area (Å²) in [5.74, 6) is 0.569. The van der Waals surface area contributed by atoms with E-state index >= 15 is 0 Å². The van der Waals surface area contributed by atoms with Gasteiger partial charge in [-0.05, 0) is 37.1 Å².